The summed E-state index contributed by atoms with van der Waals surface area (Å²) in [4.78, 5) is 25.6. The number of carbonyl (C=O) groups is 1. The highest BCUT2D eigenvalue weighted by molar-refractivity contribution is 14.1. The van der Waals surface area contributed by atoms with Gasteiger partial charge in [0.05, 0.1) is 13.7 Å². The normalized spacial score (nSPS) is 22.2. The van der Waals surface area contributed by atoms with Crippen molar-refractivity contribution in [2.75, 3.05) is 19.5 Å². The van der Waals surface area contributed by atoms with Crippen LogP contribution in [-0.4, -0.2) is 73.3 Å². The van der Waals surface area contributed by atoms with Gasteiger partial charge in [0.1, 0.15) is 47.8 Å². The van der Waals surface area contributed by atoms with Crippen LogP contribution < -0.4 is 20.1 Å². The lowest BCUT2D eigenvalue weighted by atomic mass is 9.96. The number of aliphatic hydroxyl groups excluding tert-OH is 1. The van der Waals surface area contributed by atoms with Gasteiger partial charge < -0.3 is 34.7 Å². The summed E-state index contributed by atoms with van der Waals surface area (Å²) in [5, 5.41) is 26.7. The fourth-order valence-corrected chi connectivity index (χ4v) is 7.75. The zero-order valence-corrected chi connectivity index (χ0v) is 30.2. The fraction of sp³-hybridized carbons (Fsp3) is 0.312. The molecule has 0 aliphatic carbocycles. The molecule has 1 aliphatic rings. The largest absolute Gasteiger partial charge is 0.479 e. The number of ether oxygens (including phenoxy) is 3. The van der Waals surface area contributed by atoms with Gasteiger partial charge in [0.15, 0.2) is 21.2 Å². The van der Waals surface area contributed by atoms with E-state index < -0.39 is 68.6 Å². The van der Waals surface area contributed by atoms with Crippen LogP contribution in [0.4, 0.5) is 14.7 Å². The Morgan fingerprint density at radius 2 is 1.92 bits per heavy atom. The van der Waals surface area contributed by atoms with Crippen molar-refractivity contribution in [3.05, 3.63) is 81.7 Å². The molecule has 0 saturated carbocycles. The second-order valence-electron chi connectivity index (χ2n) is 11.8. The molecule has 6 atom stereocenters. The topological polar surface area (TPSA) is 202 Å². The molecule has 2 aromatic heterocycles. The molecule has 0 spiro atoms. The third kappa shape index (κ3) is 7.48. The Morgan fingerprint density at radius 3 is 2.67 bits per heavy atom. The average molecular weight is 841 g/mol. The smallest absolute Gasteiger partial charge is 0.459 e. The number of benzene rings is 3. The standard InChI is InChI=1S/C32H32F2IN6O9P/c1-16(28(43)47-14-18-11-12-19(33)13-21(18)34)40-51(45,50-22-10-6-8-17-7-4-5-9-20(17)22)48-15-23-25(42)32(2,44)29(49-23)41-26-24(37-30(41)35)27(46-3)39-31(36)38-26/h4-13,16,23,25,29,42,44H,14-15H2,1-3H3,(H,40,45)(H2,36,38,39)/t16-,23+,25+,29?,32+,51?/m0/s1. The summed E-state index contributed by atoms with van der Waals surface area (Å²) in [6, 6.07) is 13.6. The first-order valence-electron chi connectivity index (χ1n) is 15.3. The summed E-state index contributed by atoms with van der Waals surface area (Å²) >= 11 is 1.89. The zero-order valence-electron chi connectivity index (χ0n) is 27.2. The number of aromatic nitrogens is 4. The summed E-state index contributed by atoms with van der Waals surface area (Å²) in [6.07, 6.45) is -4.23. The molecule has 1 saturated heterocycles. The van der Waals surface area contributed by atoms with E-state index in [1.807, 2.05) is 40.8 Å². The van der Waals surface area contributed by atoms with Gasteiger partial charge in [-0.1, -0.05) is 36.4 Å². The number of hydrogen-bond donors (Lipinski definition) is 4. The van der Waals surface area contributed by atoms with Crippen molar-refractivity contribution in [3.63, 3.8) is 0 Å². The Morgan fingerprint density at radius 1 is 1.18 bits per heavy atom. The minimum atomic E-state index is -4.56. The van der Waals surface area contributed by atoms with Crippen LogP contribution in [-0.2, 0) is 30.0 Å². The monoisotopic (exact) mass is 840 g/mol. The maximum atomic E-state index is 14.5. The number of carbonyl (C=O) groups excluding carboxylic acids is 1. The lowest BCUT2D eigenvalue weighted by Crippen LogP contribution is -2.45. The number of nitrogens with two attached hydrogens (primary N) is 1. The first-order valence-corrected chi connectivity index (χ1v) is 17.9. The highest BCUT2D eigenvalue weighted by Crippen LogP contribution is 2.49. The molecule has 6 rings (SSSR count). The third-order valence-corrected chi connectivity index (χ3v) is 10.5. The van der Waals surface area contributed by atoms with E-state index in [4.69, 9.17) is 29.0 Å². The molecular weight excluding hydrogens is 808 g/mol. The molecule has 15 nitrogen and oxygen atoms in total. The van der Waals surface area contributed by atoms with E-state index >= 15 is 0 Å². The minimum absolute atomic E-state index is 0.0784. The predicted molar refractivity (Wildman–Crippen MR) is 186 cm³/mol. The van der Waals surface area contributed by atoms with Gasteiger partial charge in [-0.15, -0.1) is 0 Å². The quantitative estimate of drug-likeness (QED) is 0.0597. The maximum Gasteiger partial charge on any atom is 0.459 e. The highest BCUT2D eigenvalue weighted by Gasteiger charge is 2.55. The molecule has 5 N–H and O–H groups in total. The number of rotatable bonds is 12. The van der Waals surface area contributed by atoms with Crippen LogP contribution in [0.1, 0.15) is 25.6 Å². The Kier molecular flexibility index (Phi) is 10.5. The van der Waals surface area contributed by atoms with Crippen LogP contribution in [0.15, 0.2) is 60.7 Å². The van der Waals surface area contributed by atoms with Crippen molar-refractivity contribution >= 4 is 64.2 Å². The molecule has 1 fully saturated rings. The molecule has 0 amide bonds. The van der Waals surface area contributed by atoms with Crippen LogP contribution in [0.3, 0.4) is 0 Å². The van der Waals surface area contributed by atoms with Gasteiger partial charge >= 0.3 is 13.7 Å². The van der Waals surface area contributed by atoms with Gasteiger partial charge in [-0.3, -0.25) is 13.9 Å². The van der Waals surface area contributed by atoms with Gasteiger partial charge in [-0.2, -0.15) is 15.1 Å². The molecule has 1 aliphatic heterocycles. The number of halogens is 3. The Labute approximate surface area is 302 Å². The summed E-state index contributed by atoms with van der Waals surface area (Å²) < 4.78 is 72.0. The van der Waals surface area contributed by atoms with E-state index in [9.17, 15) is 28.4 Å². The van der Waals surface area contributed by atoms with Crippen LogP contribution in [0, 0.1) is 15.5 Å². The predicted octanol–water partition coefficient (Wildman–Crippen LogP) is 4.39. The maximum absolute atomic E-state index is 14.5. The molecular formula is C32H32F2IN6O9P. The van der Waals surface area contributed by atoms with Crippen molar-refractivity contribution in [1.29, 1.82) is 0 Å². The van der Waals surface area contributed by atoms with Gasteiger partial charge in [0.2, 0.25) is 11.8 Å². The van der Waals surface area contributed by atoms with Crippen molar-refractivity contribution in [2.45, 2.75) is 50.5 Å². The van der Waals surface area contributed by atoms with Gasteiger partial charge in [0.25, 0.3) is 0 Å². The summed E-state index contributed by atoms with van der Waals surface area (Å²) in [5.41, 5.74) is 4.21. The SMILES string of the molecule is COc1nc(N)nc2c1nc(I)n2C1O[C@H](COP(=O)(N[C@@H](C)C(=O)OCc2ccc(F)cc2F)Oc2cccc3ccccc23)[C@@H](O)[C@@]1(C)O. The Balaban J connectivity index is 1.25. The molecule has 270 valence electrons. The molecule has 19 heteroatoms. The number of methoxy groups -OCH3 is 1. The Bertz CT molecular complexity index is 2150. The summed E-state index contributed by atoms with van der Waals surface area (Å²) in [7, 11) is -3.18. The fourth-order valence-electron chi connectivity index (χ4n) is 5.51. The highest BCUT2D eigenvalue weighted by atomic mass is 127. The number of hydrogen-bond acceptors (Lipinski definition) is 13. The first-order chi connectivity index (χ1) is 24.2. The lowest BCUT2D eigenvalue weighted by molar-refractivity contribution is -0.146. The van der Waals surface area contributed by atoms with E-state index in [-0.39, 0.29) is 34.3 Å². The van der Waals surface area contributed by atoms with Crippen LogP contribution in [0.5, 0.6) is 11.6 Å². The summed E-state index contributed by atoms with van der Waals surface area (Å²) in [5.74, 6) is -2.57. The van der Waals surface area contributed by atoms with E-state index in [2.05, 4.69) is 20.0 Å². The van der Waals surface area contributed by atoms with E-state index in [1.54, 1.807) is 24.3 Å². The number of aliphatic hydroxyl groups is 2. The van der Waals surface area contributed by atoms with E-state index in [1.165, 1.54) is 25.5 Å². The van der Waals surface area contributed by atoms with E-state index in [0.29, 0.717) is 15.3 Å². The number of esters is 1. The van der Waals surface area contributed by atoms with Crippen LogP contribution in [0.25, 0.3) is 21.9 Å². The molecule has 3 heterocycles. The molecule has 2 unspecified atom stereocenters. The van der Waals surface area contributed by atoms with Gasteiger partial charge in [0, 0.05) is 39.6 Å². The Hall–Kier alpha value is -4.04. The molecule has 0 bridgehead atoms. The number of anilines is 1. The number of imidazole rings is 1. The van der Waals surface area contributed by atoms with Crippen molar-refractivity contribution < 1.29 is 51.6 Å². The number of nitrogens with zero attached hydrogens (tertiary/aromatic N) is 4. The first kappa shape index (κ1) is 36.7. The van der Waals surface area contributed by atoms with Crippen molar-refractivity contribution in [3.8, 4) is 11.6 Å². The van der Waals surface area contributed by atoms with Crippen LogP contribution >= 0.6 is 30.3 Å². The second-order valence-corrected chi connectivity index (χ2v) is 14.4. The third-order valence-electron chi connectivity index (χ3n) is 8.13. The van der Waals surface area contributed by atoms with Crippen LogP contribution in [0.2, 0.25) is 0 Å². The number of fused-ring (bicyclic) bond motifs is 2. The summed E-state index contributed by atoms with van der Waals surface area (Å²) in [6.45, 7) is 1.50. The van der Waals surface area contributed by atoms with Crippen molar-refractivity contribution in [1.82, 2.24) is 24.6 Å². The molecule has 51 heavy (non-hydrogen) atoms. The number of nitrogens with one attached hydrogen (secondary N) is 1. The molecule has 0 radical (unpaired) electrons. The van der Waals surface area contributed by atoms with Gasteiger partial charge in [-0.25, -0.2) is 18.3 Å². The zero-order chi connectivity index (χ0) is 36.7. The van der Waals surface area contributed by atoms with Gasteiger partial charge in [-0.05, 0) is 37.4 Å². The minimum Gasteiger partial charge on any atom is -0.479 e. The van der Waals surface area contributed by atoms with Crippen molar-refractivity contribution in [2.24, 2.45) is 0 Å². The molecule has 3 aromatic carbocycles. The lowest BCUT2D eigenvalue weighted by Gasteiger charge is -2.28. The average Bonchev–Trinajstić information content (AvgIpc) is 3.52. The van der Waals surface area contributed by atoms with E-state index in [0.717, 1.165) is 17.5 Å². The second kappa shape index (κ2) is 14.5. The number of nitrogen functional groups attached to an aromatic ring is 1. The molecule has 5 aromatic rings.